The molecule has 0 aliphatic heterocycles. The van der Waals surface area contributed by atoms with Crippen molar-refractivity contribution >= 4 is 21.7 Å². The van der Waals surface area contributed by atoms with Gasteiger partial charge in [-0.15, -0.1) is 0 Å². The Kier molecular flexibility index (Phi) is 3.13. The average Bonchev–Trinajstić information content (AvgIpc) is 2.07. The fourth-order valence-corrected chi connectivity index (χ4v) is 1.51. The third-order valence-electron chi connectivity index (χ3n) is 1.56. The Hall–Kier alpha value is -0.780. The molecule has 1 aromatic heterocycles. The summed E-state index contributed by atoms with van der Waals surface area (Å²) in [6.45, 7) is 0. The summed E-state index contributed by atoms with van der Waals surface area (Å²) < 4.78 is 37.6. The molecule has 0 bridgehead atoms. The van der Waals surface area contributed by atoms with Crippen LogP contribution in [-0.2, 0) is 5.33 Å². The normalized spacial score (nSPS) is 10.8. The lowest BCUT2D eigenvalue weighted by atomic mass is 10.1. The van der Waals surface area contributed by atoms with Gasteiger partial charge in [0.1, 0.15) is 11.6 Å². The Balaban J connectivity index is 3.35. The van der Waals surface area contributed by atoms with Gasteiger partial charge in [0.25, 0.3) is 6.43 Å². The number of nitrogen functional groups attached to an aromatic ring is 1. The van der Waals surface area contributed by atoms with Gasteiger partial charge in [-0.3, -0.25) is 0 Å². The topological polar surface area (TPSA) is 38.9 Å². The SMILES string of the molecule is Nc1ncc(F)c(CBr)c1C(F)F. The van der Waals surface area contributed by atoms with Gasteiger partial charge in [0.2, 0.25) is 0 Å². The zero-order valence-corrected chi connectivity index (χ0v) is 7.98. The van der Waals surface area contributed by atoms with E-state index in [9.17, 15) is 13.2 Å². The zero-order valence-electron chi connectivity index (χ0n) is 6.40. The standard InChI is InChI=1S/C7H6BrF3N2/c8-1-3-4(9)2-13-7(12)5(3)6(10)11/h2,6H,1H2,(H2,12,13). The van der Waals surface area contributed by atoms with Crippen LogP contribution in [-0.4, -0.2) is 4.98 Å². The van der Waals surface area contributed by atoms with Crippen molar-refractivity contribution in [3.8, 4) is 0 Å². The minimum absolute atomic E-state index is 0.00870. The first-order valence-corrected chi connectivity index (χ1v) is 4.47. The number of alkyl halides is 3. The number of anilines is 1. The molecule has 0 amide bonds. The maximum atomic E-state index is 12.9. The second-order valence-electron chi connectivity index (χ2n) is 2.32. The van der Waals surface area contributed by atoms with E-state index in [0.717, 1.165) is 6.20 Å². The summed E-state index contributed by atoms with van der Waals surface area (Å²) in [5.74, 6) is -1.10. The number of hydrogen-bond acceptors (Lipinski definition) is 2. The molecule has 0 fully saturated rings. The number of aromatic nitrogens is 1. The Morgan fingerprint density at radius 3 is 2.54 bits per heavy atom. The molecule has 0 atom stereocenters. The van der Waals surface area contributed by atoms with Gasteiger partial charge < -0.3 is 5.73 Å². The van der Waals surface area contributed by atoms with Gasteiger partial charge in [-0.2, -0.15) is 0 Å². The lowest BCUT2D eigenvalue weighted by Gasteiger charge is -2.08. The van der Waals surface area contributed by atoms with Crippen LogP contribution in [0.2, 0.25) is 0 Å². The largest absolute Gasteiger partial charge is 0.383 e. The minimum atomic E-state index is -2.81. The molecule has 1 aromatic rings. The molecule has 2 nitrogen and oxygen atoms in total. The van der Waals surface area contributed by atoms with E-state index >= 15 is 0 Å². The zero-order chi connectivity index (χ0) is 10.0. The molecule has 0 spiro atoms. The predicted octanol–water partition coefficient (Wildman–Crippen LogP) is 2.64. The van der Waals surface area contributed by atoms with Crippen molar-refractivity contribution in [2.45, 2.75) is 11.8 Å². The summed E-state index contributed by atoms with van der Waals surface area (Å²) in [7, 11) is 0. The lowest BCUT2D eigenvalue weighted by Crippen LogP contribution is -2.04. The number of hydrogen-bond donors (Lipinski definition) is 1. The Morgan fingerprint density at radius 2 is 2.15 bits per heavy atom. The first-order valence-electron chi connectivity index (χ1n) is 3.34. The van der Waals surface area contributed by atoms with E-state index in [4.69, 9.17) is 5.73 Å². The maximum Gasteiger partial charge on any atom is 0.267 e. The molecule has 1 rings (SSSR count). The first-order chi connectivity index (χ1) is 6.07. The van der Waals surface area contributed by atoms with Crippen molar-refractivity contribution in [1.29, 1.82) is 0 Å². The van der Waals surface area contributed by atoms with Crippen LogP contribution in [0, 0.1) is 5.82 Å². The van der Waals surface area contributed by atoms with E-state index in [2.05, 4.69) is 20.9 Å². The molecule has 1 heterocycles. The molecular formula is C7H6BrF3N2. The third kappa shape index (κ3) is 1.93. The molecule has 0 radical (unpaired) electrons. The Bertz CT molecular complexity index is 317. The van der Waals surface area contributed by atoms with Crippen molar-refractivity contribution < 1.29 is 13.2 Å². The molecule has 0 saturated heterocycles. The third-order valence-corrected chi connectivity index (χ3v) is 2.12. The molecule has 0 aromatic carbocycles. The highest BCUT2D eigenvalue weighted by Crippen LogP contribution is 2.29. The molecular weight excluding hydrogens is 249 g/mol. The molecule has 0 saturated carbocycles. The lowest BCUT2D eigenvalue weighted by molar-refractivity contribution is 0.150. The fourth-order valence-electron chi connectivity index (χ4n) is 0.936. The van der Waals surface area contributed by atoms with Crippen LogP contribution in [0.25, 0.3) is 0 Å². The smallest absolute Gasteiger partial charge is 0.267 e. The molecule has 72 valence electrons. The van der Waals surface area contributed by atoms with Crippen molar-refractivity contribution in [3.05, 3.63) is 23.1 Å². The van der Waals surface area contributed by atoms with Gasteiger partial charge in [-0.1, -0.05) is 15.9 Å². The molecule has 0 aliphatic rings. The van der Waals surface area contributed by atoms with Crippen LogP contribution in [0.1, 0.15) is 17.6 Å². The quantitative estimate of drug-likeness (QED) is 0.825. The van der Waals surface area contributed by atoms with Crippen LogP contribution >= 0.6 is 15.9 Å². The van der Waals surface area contributed by atoms with Gasteiger partial charge in [-0.25, -0.2) is 18.2 Å². The highest BCUT2D eigenvalue weighted by Gasteiger charge is 2.20. The predicted molar refractivity (Wildman–Crippen MR) is 46.2 cm³/mol. The van der Waals surface area contributed by atoms with Crippen molar-refractivity contribution in [2.24, 2.45) is 0 Å². The highest BCUT2D eigenvalue weighted by atomic mass is 79.9. The van der Waals surface area contributed by atoms with E-state index in [0.29, 0.717) is 0 Å². The molecule has 0 unspecified atom stereocenters. The van der Waals surface area contributed by atoms with E-state index in [1.807, 2.05) is 0 Å². The fraction of sp³-hybridized carbons (Fsp3) is 0.286. The van der Waals surface area contributed by atoms with Crippen LogP contribution in [0.3, 0.4) is 0 Å². The number of rotatable bonds is 2. The second kappa shape index (κ2) is 3.95. The van der Waals surface area contributed by atoms with Crippen molar-refractivity contribution in [1.82, 2.24) is 4.98 Å². The summed E-state index contributed by atoms with van der Waals surface area (Å²) in [6.07, 6.45) is -1.98. The molecule has 6 heteroatoms. The van der Waals surface area contributed by atoms with Gasteiger partial charge in [0.15, 0.2) is 0 Å². The van der Waals surface area contributed by atoms with E-state index in [1.165, 1.54) is 0 Å². The molecule has 13 heavy (non-hydrogen) atoms. The van der Waals surface area contributed by atoms with Crippen LogP contribution < -0.4 is 5.73 Å². The van der Waals surface area contributed by atoms with Crippen LogP contribution in [0.15, 0.2) is 6.20 Å². The van der Waals surface area contributed by atoms with Crippen LogP contribution in [0.5, 0.6) is 0 Å². The van der Waals surface area contributed by atoms with Gasteiger partial charge in [-0.05, 0) is 0 Å². The Morgan fingerprint density at radius 1 is 1.54 bits per heavy atom. The average molecular weight is 255 g/mol. The second-order valence-corrected chi connectivity index (χ2v) is 2.88. The highest BCUT2D eigenvalue weighted by molar-refractivity contribution is 9.08. The van der Waals surface area contributed by atoms with E-state index in [-0.39, 0.29) is 16.7 Å². The summed E-state index contributed by atoms with van der Waals surface area (Å²) in [5.41, 5.74) is 4.52. The number of nitrogens with two attached hydrogens (primary N) is 1. The van der Waals surface area contributed by atoms with Crippen LogP contribution in [0.4, 0.5) is 19.0 Å². The van der Waals surface area contributed by atoms with Crippen molar-refractivity contribution in [3.63, 3.8) is 0 Å². The Labute approximate surface area is 81.1 Å². The summed E-state index contributed by atoms with van der Waals surface area (Å²) in [6, 6.07) is 0. The van der Waals surface area contributed by atoms with Crippen molar-refractivity contribution in [2.75, 3.05) is 5.73 Å². The summed E-state index contributed by atoms with van der Waals surface area (Å²) >= 11 is 2.90. The molecule has 0 aliphatic carbocycles. The first kappa shape index (κ1) is 10.3. The number of halogens is 4. The maximum absolute atomic E-state index is 12.9. The van der Waals surface area contributed by atoms with E-state index in [1.54, 1.807) is 0 Å². The summed E-state index contributed by atoms with van der Waals surface area (Å²) in [4.78, 5) is 3.31. The summed E-state index contributed by atoms with van der Waals surface area (Å²) in [5, 5.41) is -0.00870. The van der Waals surface area contributed by atoms with Gasteiger partial charge >= 0.3 is 0 Å². The van der Waals surface area contributed by atoms with Gasteiger partial charge in [0, 0.05) is 10.9 Å². The number of pyridine rings is 1. The molecule has 2 N–H and O–H groups in total. The minimum Gasteiger partial charge on any atom is -0.383 e. The van der Waals surface area contributed by atoms with Gasteiger partial charge in [0.05, 0.1) is 11.8 Å². The number of nitrogens with zero attached hydrogens (tertiary/aromatic N) is 1. The monoisotopic (exact) mass is 254 g/mol. The van der Waals surface area contributed by atoms with E-state index < -0.39 is 17.8 Å².